The number of rotatable bonds is 7. The van der Waals surface area contributed by atoms with E-state index in [1.165, 1.54) is 25.3 Å². The predicted molar refractivity (Wildman–Crippen MR) is 106 cm³/mol. The Kier molecular flexibility index (Phi) is 8.04. The fourth-order valence-electron chi connectivity index (χ4n) is 2.88. The Morgan fingerprint density at radius 2 is 2.04 bits per heavy atom. The molecule has 1 saturated heterocycles. The smallest absolute Gasteiger partial charge is 0.251 e. The van der Waals surface area contributed by atoms with Gasteiger partial charge in [-0.3, -0.25) is 4.79 Å². The molecule has 0 saturated carbocycles. The van der Waals surface area contributed by atoms with Crippen LogP contribution in [0.5, 0.6) is 17.2 Å². The molecule has 2 aromatic rings. The topological polar surface area (TPSA) is 82.8 Å². The van der Waals surface area contributed by atoms with Gasteiger partial charge in [0.1, 0.15) is 0 Å². The van der Waals surface area contributed by atoms with Crippen LogP contribution >= 0.6 is 12.4 Å². The third-order valence-electron chi connectivity index (χ3n) is 4.39. The number of halogens is 2. The first-order chi connectivity index (χ1) is 13.1. The average Bonchev–Trinajstić information content (AvgIpc) is 3.21. The lowest BCUT2D eigenvalue weighted by molar-refractivity contribution is 0.0857. The van der Waals surface area contributed by atoms with E-state index in [-0.39, 0.29) is 42.5 Å². The van der Waals surface area contributed by atoms with Gasteiger partial charge in [-0.25, -0.2) is 4.39 Å². The number of benzene rings is 2. The van der Waals surface area contributed by atoms with Crippen LogP contribution in [0.15, 0.2) is 36.4 Å². The standard InChI is InChI=1S/C20H23FN2O4.ClH/c1-25-18-7-5-14(20(24)23-12-15-3-2-8-26-15)10-19(18)27-17-6-4-13(11-22)9-16(17)21;/h4-7,9-10,15H,2-3,8,11-12,22H2,1H3,(H,23,24);1H. The molecule has 3 rings (SSSR count). The van der Waals surface area contributed by atoms with Gasteiger partial charge >= 0.3 is 0 Å². The number of ether oxygens (including phenoxy) is 3. The largest absolute Gasteiger partial charge is 0.493 e. The molecule has 1 amide bonds. The van der Waals surface area contributed by atoms with Gasteiger partial charge in [0.2, 0.25) is 0 Å². The van der Waals surface area contributed by atoms with Crippen molar-refractivity contribution in [1.29, 1.82) is 0 Å². The molecule has 1 aliphatic heterocycles. The maximum Gasteiger partial charge on any atom is 0.251 e. The summed E-state index contributed by atoms with van der Waals surface area (Å²) in [6.45, 7) is 1.42. The summed E-state index contributed by atoms with van der Waals surface area (Å²) in [6.07, 6.45) is 2.00. The number of nitrogens with one attached hydrogen (secondary N) is 1. The summed E-state index contributed by atoms with van der Waals surface area (Å²) >= 11 is 0. The molecule has 0 radical (unpaired) electrons. The second kappa shape index (κ2) is 10.3. The minimum Gasteiger partial charge on any atom is -0.493 e. The Bertz CT molecular complexity index is 813. The van der Waals surface area contributed by atoms with Crippen LogP contribution in [-0.4, -0.2) is 32.3 Å². The lowest BCUT2D eigenvalue weighted by atomic mass is 10.1. The summed E-state index contributed by atoms with van der Waals surface area (Å²) in [6, 6.07) is 9.27. The molecular formula is C20H24ClFN2O4. The summed E-state index contributed by atoms with van der Waals surface area (Å²) in [4.78, 5) is 12.4. The van der Waals surface area contributed by atoms with Gasteiger partial charge in [0.25, 0.3) is 5.91 Å². The van der Waals surface area contributed by atoms with Crippen LogP contribution in [0.2, 0.25) is 0 Å². The molecule has 1 unspecified atom stereocenters. The Morgan fingerprint density at radius 3 is 2.68 bits per heavy atom. The van der Waals surface area contributed by atoms with E-state index in [4.69, 9.17) is 19.9 Å². The number of hydrogen-bond acceptors (Lipinski definition) is 5. The lowest BCUT2D eigenvalue weighted by Gasteiger charge is -2.14. The van der Waals surface area contributed by atoms with Crippen molar-refractivity contribution >= 4 is 18.3 Å². The van der Waals surface area contributed by atoms with E-state index in [2.05, 4.69) is 5.32 Å². The lowest BCUT2D eigenvalue weighted by Crippen LogP contribution is -2.31. The molecule has 0 aliphatic carbocycles. The van der Waals surface area contributed by atoms with Gasteiger partial charge in [0.05, 0.1) is 13.2 Å². The molecule has 1 fully saturated rings. The minimum atomic E-state index is -0.534. The first-order valence-corrected chi connectivity index (χ1v) is 8.85. The molecule has 0 spiro atoms. The van der Waals surface area contributed by atoms with Gasteiger partial charge in [0, 0.05) is 25.3 Å². The van der Waals surface area contributed by atoms with Gasteiger partial charge in [-0.2, -0.15) is 0 Å². The van der Waals surface area contributed by atoms with Crippen molar-refractivity contribution in [2.24, 2.45) is 5.73 Å². The van der Waals surface area contributed by atoms with Gasteiger partial charge in [-0.1, -0.05) is 6.07 Å². The molecule has 2 aromatic carbocycles. The quantitative estimate of drug-likeness (QED) is 0.730. The average molecular weight is 411 g/mol. The molecule has 1 atom stereocenters. The van der Waals surface area contributed by atoms with Gasteiger partial charge in [-0.05, 0) is 48.7 Å². The second-order valence-corrected chi connectivity index (χ2v) is 6.28. The van der Waals surface area contributed by atoms with E-state index in [9.17, 15) is 9.18 Å². The number of carbonyl (C=O) groups is 1. The molecule has 28 heavy (non-hydrogen) atoms. The SMILES string of the molecule is COc1ccc(C(=O)NCC2CCCO2)cc1Oc1ccc(CN)cc1F.Cl. The highest BCUT2D eigenvalue weighted by Gasteiger charge is 2.18. The Balaban J connectivity index is 0.00000280. The molecule has 1 aliphatic rings. The van der Waals surface area contributed by atoms with Gasteiger partial charge in [0.15, 0.2) is 23.1 Å². The molecule has 0 bridgehead atoms. The predicted octanol–water partition coefficient (Wildman–Crippen LogP) is 3.42. The van der Waals surface area contributed by atoms with Crippen molar-refractivity contribution in [2.75, 3.05) is 20.3 Å². The first-order valence-electron chi connectivity index (χ1n) is 8.85. The maximum absolute atomic E-state index is 14.2. The molecule has 6 nitrogen and oxygen atoms in total. The zero-order valence-electron chi connectivity index (χ0n) is 15.6. The van der Waals surface area contributed by atoms with E-state index >= 15 is 0 Å². The van der Waals surface area contributed by atoms with Crippen LogP contribution in [0.1, 0.15) is 28.8 Å². The molecule has 152 valence electrons. The Labute approximate surface area is 169 Å². The van der Waals surface area contributed by atoms with Crippen LogP contribution in [0.3, 0.4) is 0 Å². The van der Waals surface area contributed by atoms with Crippen molar-refractivity contribution < 1.29 is 23.4 Å². The monoisotopic (exact) mass is 410 g/mol. The van der Waals surface area contributed by atoms with E-state index in [0.29, 0.717) is 23.4 Å². The van der Waals surface area contributed by atoms with Crippen molar-refractivity contribution in [2.45, 2.75) is 25.5 Å². The number of methoxy groups -OCH3 is 1. The van der Waals surface area contributed by atoms with E-state index < -0.39 is 5.82 Å². The second-order valence-electron chi connectivity index (χ2n) is 6.28. The number of nitrogens with two attached hydrogens (primary N) is 1. The van der Waals surface area contributed by atoms with Crippen LogP contribution in [0.25, 0.3) is 0 Å². The summed E-state index contributed by atoms with van der Waals surface area (Å²) in [5.41, 5.74) is 6.57. The normalized spacial score (nSPS) is 15.6. The minimum absolute atomic E-state index is 0. The highest BCUT2D eigenvalue weighted by Crippen LogP contribution is 2.33. The van der Waals surface area contributed by atoms with Crippen LogP contribution < -0.4 is 20.5 Å². The molecule has 8 heteroatoms. The number of amides is 1. The van der Waals surface area contributed by atoms with E-state index in [1.54, 1.807) is 18.2 Å². The summed E-state index contributed by atoms with van der Waals surface area (Å²) < 4.78 is 30.6. The number of hydrogen-bond donors (Lipinski definition) is 2. The van der Waals surface area contributed by atoms with E-state index in [0.717, 1.165) is 19.4 Å². The fourth-order valence-corrected chi connectivity index (χ4v) is 2.88. The van der Waals surface area contributed by atoms with Crippen LogP contribution in [0.4, 0.5) is 4.39 Å². The van der Waals surface area contributed by atoms with Gasteiger partial charge in [-0.15, -0.1) is 12.4 Å². The van der Waals surface area contributed by atoms with Crippen molar-refractivity contribution in [3.05, 3.63) is 53.3 Å². The first kappa shape index (κ1) is 21.9. The zero-order valence-corrected chi connectivity index (χ0v) is 16.4. The Morgan fingerprint density at radius 1 is 1.25 bits per heavy atom. The van der Waals surface area contributed by atoms with Crippen molar-refractivity contribution in [3.8, 4) is 17.2 Å². The maximum atomic E-state index is 14.2. The van der Waals surface area contributed by atoms with E-state index in [1.807, 2.05) is 0 Å². The van der Waals surface area contributed by atoms with Crippen LogP contribution in [-0.2, 0) is 11.3 Å². The van der Waals surface area contributed by atoms with Crippen molar-refractivity contribution in [1.82, 2.24) is 5.32 Å². The summed E-state index contributed by atoms with van der Waals surface area (Å²) in [7, 11) is 1.48. The van der Waals surface area contributed by atoms with Crippen LogP contribution in [0, 0.1) is 5.82 Å². The fraction of sp³-hybridized carbons (Fsp3) is 0.350. The molecule has 0 aromatic heterocycles. The Hall–Kier alpha value is -2.35. The highest BCUT2D eigenvalue weighted by atomic mass is 35.5. The summed E-state index contributed by atoms with van der Waals surface area (Å²) in [5.74, 6) is -0.109. The zero-order chi connectivity index (χ0) is 19.2. The van der Waals surface area contributed by atoms with Crippen molar-refractivity contribution in [3.63, 3.8) is 0 Å². The molecule has 3 N–H and O–H groups in total. The molecular weight excluding hydrogens is 387 g/mol. The van der Waals surface area contributed by atoms with Gasteiger partial charge < -0.3 is 25.3 Å². The third-order valence-corrected chi connectivity index (χ3v) is 4.39. The third kappa shape index (κ3) is 5.34. The number of carbonyl (C=O) groups excluding carboxylic acids is 1. The molecule has 1 heterocycles. The summed E-state index contributed by atoms with van der Waals surface area (Å²) in [5, 5.41) is 2.85. The highest BCUT2D eigenvalue weighted by molar-refractivity contribution is 5.94.